The molecule has 3 fully saturated rings. The molecule has 0 radical (unpaired) electrons. The zero-order valence-corrected chi connectivity index (χ0v) is 18.0. The Morgan fingerprint density at radius 2 is 1.80 bits per heavy atom. The van der Waals surface area contributed by atoms with Crippen LogP contribution in [0.15, 0.2) is 24.3 Å². The highest BCUT2D eigenvalue weighted by Gasteiger charge is 2.38. The van der Waals surface area contributed by atoms with Crippen molar-refractivity contribution in [1.82, 2.24) is 15.1 Å². The van der Waals surface area contributed by atoms with Crippen LogP contribution in [0.4, 0.5) is 4.39 Å². The Kier molecular flexibility index (Phi) is 6.42. The number of benzene rings is 1. The highest BCUT2D eigenvalue weighted by molar-refractivity contribution is 5.88. The second-order valence-corrected chi connectivity index (χ2v) is 9.42. The van der Waals surface area contributed by atoms with Crippen LogP contribution in [0, 0.1) is 5.82 Å². The highest BCUT2D eigenvalue weighted by atomic mass is 19.1. The molecule has 1 unspecified atom stereocenters. The fraction of sp³-hybridized carbons (Fsp3) is 0.667. The van der Waals surface area contributed by atoms with E-state index in [1.807, 2.05) is 19.1 Å². The number of nitrogens with zero attached hydrogens (tertiary/aromatic N) is 2. The van der Waals surface area contributed by atoms with Crippen molar-refractivity contribution in [2.45, 2.75) is 75.8 Å². The first-order valence-corrected chi connectivity index (χ1v) is 11.6. The lowest BCUT2D eigenvalue weighted by molar-refractivity contribution is -0.137. The molecule has 0 aromatic heterocycles. The minimum Gasteiger partial charge on any atom is -0.351 e. The summed E-state index contributed by atoms with van der Waals surface area (Å²) < 4.78 is 13.4. The highest BCUT2D eigenvalue weighted by Crippen LogP contribution is 2.42. The van der Waals surface area contributed by atoms with Crippen LogP contribution in [-0.2, 0) is 15.0 Å². The second kappa shape index (κ2) is 9.04. The van der Waals surface area contributed by atoms with E-state index < -0.39 is 0 Å². The molecule has 2 amide bonds. The van der Waals surface area contributed by atoms with Gasteiger partial charge in [0.1, 0.15) is 11.9 Å². The Morgan fingerprint density at radius 3 is 2.40 bits per heavy atom. The normalized spacial score (nSPS) is 23.7. The SMILES string of the molecule is CC(C(=O)NC1CCN(CC2(c3ccc(F)cc3)CCCC2)CC1)N1CCCC1=O. The largest absolute Gasteiger partial charge is 0.351 e. The predicted molar refractivity (Wildman–Crippen MR) is 115 cm³/mol. The van der Waals surface area contributed by atoms with Crippen LogP contribution in [0.25, 0.3) is 0 Å². The van der Waals surface area contributed by atoms with Gasteiger partial charge in [0.25, 0.3) is 0 Å². The number of hydrogen-bond acceptors (Lipinski definition) is 3. The first-order valence-electron chi connectivity index (χ1n) is 11.6. The van der Waals surface area contributed by atoms with Crippen LogP contribution >= 0.6 is 0 Å². The maximum absolute atomic E-state index is 13.4. The molecule has 2 aliphatic heterocycles. The third kappa shape index (κ3) is 4.53. The fourth-order valence-electron chi connectivity index (χ4n) is 5.60. The van der Waals surface area contributed by atoms with Crippen LogP contribution < -0.4 is 5.32 Å². The Bertz CT molecular complexity index is 752. The molecule has 1 N–H and O–H groups in total. The minimum absolute atomic E-state index is 0.0257. The van der Waals surface area contributed by atoms with Crippen molar-refractivity contribution in [2.24, 2.45) is 0 Å². The van der Waals surface area contributed by atoms with Crippen molar-refractivity contribution in [1.29, 1.82) is 0 Å². The van der Waals surface area contributed by atoms with Gasteiger partial charge in [0.05, 0.1) is 0 Å². The first-order chi connectivity index (χ1) is 14.5. The molecule has 2 saturated heterocycles. The van der Waals surface area contributed by atoms with Gasteiger partial charge >= 0.3 is 0 Å². The summed E-state index contributed by atoms with van der Waals surface area (Å²) in [6.07, 6.45) is 8.08. The zero-order chi connectivity index (χ0) is 21.1. The van der Waals surface area contributed by atoms with Crippen molar-refractivity contribution in [2.75, 3.05) is 26.2 Å². The Balaban J connectivity index is 1.30. The van der Waals surface area contributed by atoms with Gasteiger partial charge in [-0.3, -0.25) is 9.59 Å². The summed E-state index contributed by atoms with van der Waals surface area (Å²) in [5.41, 5.74) is 1.40. The summed E-state index contributed by atoms with van der Waals surface area (Å²) in [5.74, 6) is -0.106. The molecule has 1 aromatic rings. The van der Waals surface area contributed by atoms with Gasteiger partial charge < -0.3 is 15.1 Å². The van der Waals surface area contributed by atoms with Crippen molar-refractivity contribution < 1.29 is 14.0 Å². The molecule has 1 aromatic carbocycles. The average molecular weight is 416 g/mol. The predicted octanol–water partition coefficient (Wildman–Crippen LogP) is 3.23. The molecule has 1 saturated carbocycles. The molecule has 2 heterocycles. The fourth-order valence-corrected chi connectivity index (χ4v) is 5.60. The Hall–Kier alpha value is -1.95. The number of rotatable bonds is 6. The van der Waals surface area contributed by atoms with E-state index in [9.17, 15) is 14.0 Å². The van der Waals surface area contributed by atoms with Crippen molar-refractivity contribution in [3.8, 4) is 0 Å². The number of carbonyl (C=O) groups excluding carboxylic acids is 2. The summed E-state index contributed by atoms with van der Waals surface area (Å²) in [6.45, 7) is 5.46. The number of carbonyl (C=O) groups is 2. The number of hydrogen-bond donors (Lipinski definition) is 1. The molecule has 6 heteroatoms. The second-order valence-electron chi connectivity index (χ2n) is 9.42. The topological polar surface area (TPSA) is 52.7 Å². The summed E-state index contributed by atoms with van der Waals surface area (Å²) in [7, 11) is 0. The standard InChI is InChI=1S/C24H34FN3O2/c1-18(28-14-4-5-22(28)29)23(30)26-21-10-15-27(16-11-21)17-24(12-2-3-13-24)19-6-8-20(25)9-7-19/h6-9,18,21H,2-5,10-17H2,1H3,(H,26,30). The molecule has 1 aliphatic carbocycles. The molecule has 0 spiro atoms. The first kappa shape index (κ1) is 21.3. The third-order valence-electron chi connectivity index (χ3n) is 7.43. The molecule has 164 valence electrons. The van der Waals surface area contributed by atoms with Gasteiger partial charge in [-0.1, -0.05) is 25.0 Å². The van der Waals surface area contributed by atoms with Gasteiger partial charge in [-0.05, 0) is 56.7 Å². The summed E-state index contributed by atoms with van der Waals surface area (Å²) in [4.78, 5) is 28.7. The third-order valence-corrected chi connectivity index (χ3v) is 7.43. The van der Waals surface area contributed by atoms with Crippen LogP contribution in [0.5, 0.6) is 0 Å². The van der Waals surface area contributed by atoms with Gasteiger partial charge in [0, 0.05) is 44.1 Å². The quantitative estimate of drug-likeness (QED) is 0.776. The monoisotopic (exact) mass is 415 g/mol. The van der Waals surface area contributed by atoms with E-state index in [1.165, 1.54) is 18.4 Å². The van der Waals surface area contributed by atoms with Crippen LogP contribution in [0.2, 0.25) is 0 Å². The molecule has 4 rings (SSSR count). The van der Waals surface area contributed by atoms with Crippen molar-refractivity contribution in [3.05, 3.63) is 35.6 Å². The van der Waals surface area contributed by atoms with Gasteiger partial charge in [0.15, 0.2) is 0 Å². The lowest BCUT2D eigenvalue weighted by atomic mass is 9.78. The number of likely N-dealkylation sites (tertiary alicyclic amines) is 2. The van der Waals surface area contributed by atoms with Gasteiger partial charge in [-0.25, -0.2) is 4.39 Å². The summed E-state index contributed by atoms with van der Waals surface area (Å²) in [6, 6.07) is 6.91. The van der Waals surface area contributed by atoms with E-state index in [2.05, 4.69) is 10.2 Å². The van der Waals surface area contributed by atoms with E-state index >= 15 is 0 Å². The average Bonchev–Trinajstić information content (AvgIpc) is 3.39. The summed E-state index contributed by atoms with van der Waals surface area (Å²) >= 11 is 0. The smallest absolute Gasteiger partial charge is 0.242 e. The number of amides is 2. The van der Waals surface area contributed by atoms with Gasteiger partial charge in [0.2, 0.25) is 11.8 Å². The van der Waals surface area contributed by atoms with Gasteiger partial charge in [-0.15, -0.1) is 0 Å². The molecule has 30 heavy (non-hydrogen) atoms. The Morgan fingerprint density at radius 1 is 1.13 bits per heavy atom. The molecular formula is C24H34FN3O2. The number of nitrogens with one attached hydrogen (secondary N) is 1. The van der Waals surface area contributed by atoms with E-state index in [4.69, 9.17) is 0 Å². The van der Waals surface area contributed by atoms with Crippen molar-refractivity contribution >= 4 is 11.8 Å². The molecule has 3 aliphatic rings. The van der Waals surface area contributed by atoms with E-state index in [-0.39, 0.29) is 35.1 Å². The van der Waals surface area contributed by atoms with Crippen molar-refractivity contribution in [3.63, 3.8) is 0 Å². The van der Waals surface area contributed by atoms with Crippen LogP contribution in [-0.4, -0.2) is 59.9 Å². The summed E-state index contributed by atoms with van der Waals surface area (Å²) in [5, 5.41) is 3.18. The van der Waals surface area contributed by atoms with E-state index in [1.54, 1.807) is 17.0 Å². The van der Waals surface area contributed by atoms with E-state index in [0.29, 0.717) is 13.0 Å². The minimum atomic E-state index is -0.377. The molecular weight excluding hydrogens is 381 g/mol. The Labute approximate surface area is 179 Å². The maximum Gasteiger partial charge on any atom is 0.242 e. The zero-order valence-electron chi connectivity index (χ0n) is 18.0. The molecule has 1 atom stereocenters. The van der Waals surface area contributed by atoms with Crippen LogP contribution in [0.1, 0.15) is 63.9 Å². The lowest BCUT2D eigenvalue weighted by Crippen LogP contribution is -2.52. The maximum atomic E-state index is 13.4. The molecule has 5 nitrogen and oxygen atoms in total. The van der Waals surface area contributed by atoms with E-state index in [0.717, 1.165) is 51.7 Å². The van der Waals surface area contributed by atoms with Gasteiger partial charge in [-0.2, -0.15) is 0 Å². The number of piperidine rings is 1. The number of halogens is 1. The lowest BCUT2D eigenvalue weighted by Gasteiger charge is -2.40. The molecule has 0 bridgehead atoms. The van der Waals surface area contributed by atoms with Crippen LogP contribution in [0.3, 0.4) is 0 Å².